The monoisotopic (exact) mass is 395 g/mol. The molecule has 7 heteroatoms. The van der Waals surface area contributed by atoms with E-state index in [9.17, 15) is 8.42 Å². The van der Waals surface area contributed by atoms with Crippen molar-refractivity contribution < 1.29 is 8.42 Å². The second-order valence-electron chi connectivity index (χ2n) is 5.55. The van der Waals surface area contributed by atoms with Gasteiger partial charge in [0.25, 0.3) is 0 Å². The molecule has 23 heavy (non-hydrogen) atoms. The van der Waals surface area contributed by atoms with Crippen LogP contribution in [0.15, 0.2) is 58.0 Å². The highest BCUT2D eigenvalue weighted by atomic mass is 79.9. The van der Waals surface area contributed by atoms with E-state index in [1.165, 1.54) is 0 Å². The molecule has 122 valence electrons. The van der Waals surface area contributed by atoms with E-state index in [0.29, 0.717) is 24.5 Å². The van der Waals surface area contributed by atoms with Gasteiger partial charge in [-0.05, 0) is 43.3 Å². The molecule has 0 saturated carbocycles. The zero-order chi connectivity index (χ0) is 16.4. The number of sulfonamides is 1. The number of aromatic nitrogens is 1. The molecular formula is C16H18BrN3O2S. The van der Waals surface area contributed by atoms with Crippen LogP contribution in [0.1, 0.15) is 6.92 Å². The molecular weight excluding hydrogens is 378 g/mol. The van der Waals surface area contributed by atoms with E-state index in [2.05, 4.69) is 25.8 Å². The van der Waals surface area contributed by atoms with E-state index in [-0.39, 0.29) is 6.04 Å². The third-order valence-corrected chi connectivity index (χ3v) is 6.52. The summed E-state index contributed by atoms with van der Waals surface area (Å²) in [4.78, 5) is 6.80. The van der Waals surface area contributed by atoms with Gasteiger partial charge in [-0.25, -0.2) is 13.4 Å². The van der Waals surface area contributed by atoms with Gasteiger partial charge in [0.2, 0.25) is 10.0 Å². The molecule has 1 aromatic carbocycles. The molecule has 1 aliphatic rings. The fourth-order valence-corrected chi connectivity index (χ4v) is 4.67. The van der Waals surface area contributed by atoms with E-state index in [4.69, 9.17) is 0 Å². The van der Waals surface area contributed by atoms with Crippen LogP contribution in [-0.2, 0) is 10.0 Å². The van der Waals surface area contributed by atoms with Gasteiger partial charge in [0, 0.05) is 36.3 Å². The van der Waals surface area contributed by atoms with Crippen LogP contribution < -0.4 is 4.90 Å². The molecule has 3 rings (SSSR count). The number of rotatable bonds is 3. The summed E-state index contributed by atoms with van der Waals surface area (Å²) < 4.78 is 28.1. The molecule has 0 N–H and O–H groups in total. The Morgan fingerprint density at radius 3 is 2.48 bits per heavy atom. The van der Waals surface area contributed by atoms with E-state index >= 15 is 0 Å². The topological polar surface area (TPSA) is 53.5 Å². The Labute approximate surface area is 145 Å². The van der Waals surface area contributed by atoms with Crippen LogP contribution in [0.4, 0.5) is 5.82 Å². The van der Waals surface area contributed by atoms with Crippen LogP contribution in [-0.4, -0.2) is 43.4 Å². The zero-order valence-electron chi connectivity index (χ0n) is 12.8. The maximum Gasteiger partial charge on any atom is 0.243 e. The maximum absolute atomic E-state index is 12.8. The zero-order valence-corrected chi connectivity index (χ0v) is 15.2. The lowest BCUT2D eigenvalue weighted by atomic mass is 10.2. The summed E-state index contributed by atoms with van der Waals surface area (Å²) in [7, 11) is -3.47. The van der Waals surface area contributed by atoms with Gasteiger partial charge in [-0.1, -0.05) is 22.0 Å². The van der Waals surface area contributed by atoms with Crippen molar-refractivity contribution in [3.05, 3.63) is 53.1 Å². The van der Waals surface area contributed by atoms with Crippen LogP contribution in [0.2, 0.25) is 0 Å². The number of hydrogen-bond donors (Lipinski definition) is 0. The normalized spacial score (nSPS) is 19.7. The highest BCUT2D eigenvalue weighted by molar-refractivity contribution is 9.10. The summed E-state index contributed by atoms with van der Waals surface area (Å²) in [6.07, 6.45) is 1.75. The molecule has 1 saturated heterocycles. The predicted molar refractivity (Wildman–Crippen MR) is 93.9 cm³/mol. The molecule has 0 spiro atoms. The predicted octanol–water partition coefficient (Wildman–Crippen LogP) is 2.74. The maximum atomic E-state index is 12.8. The first kappa shape index (κ1) is 16.4. The fraction of sp³-hybridized carbons (Fsp3) is 0.312. The second-order valence-corrected chi connectivity index (χ2v) is 8.36. The highest BCUT2D eigenvalue weighted by Gasteiger charge is 2.33. The summed E-state index contributed by atoms with van der Waals surface area (Å²) in [5, 5.41) is 0. The summed E-state index contributed by atoms with van der Waals surface area (Å²) in [5.74, 6) is 0.889. The van der Waals surface area contributed by atoms with Gasteiger partial charge in [0.15, 0.2) is 0 Å². The van der Waals surface area contributed by atoms with Crippen molar-refractivity contribution in [2.24, 2.45) is 0 Å². The minimum absolute atomic E-state index is 0.112. The number of nitrogens with zero attached hydrogens (tertiary/aromatic N) is 3. The minimum Gasteiger partial charge on any atom is -0.354 e. The highest BCUT2D eigenvalue weighted by Crippen LogP contribution is 2.24. The van der Waals surface area contributed by atoms with Gasteiger partial charge < -0.3 is 4.90 Å². The molecule has 1 fully saturated rings. The number of benzene rings is 1. The number of hydrogen-bond acceptors (Lipinski definition) is 4. The van der Waals surface area contributed by atoms with Gasteiger partial charge in [-0.3, -0.25) is 0 Å². The average molecular weight is 396 g/mol. The van der Waals surface area contributed by atoms with E-state index in [1.807, 2.05) is 25.1 Å². The van der Waals surface area contributed by atoms with Crippen molar-refractivity contribution in [2.75, 3.05) is 24.5 Å². The molecule has 2 aromatic rings. The lowest BCUT2D eigenvalue weighted by Gasteiger charge is -2.39. The Morgan fingerprint density at radius 2 is 1.87 bits per heavy atom. The number of pyridine rings is 1. The second kappa shape index (κ2) is 6.59. The number of anilines is 1. The third-order valence-electron chi connectivity index (χ3n) is 3.96. The fourth-order valence-electron chi connectivity index (χ4n) is 2.79. The Bertz CT molecular complexity index is 766. The van der Waals surface area contributed by atoms with Gasteiger partial charge >= 0.3 is 0 Å². The van der Waals surface area contributed by atoms with Crippen LogP contribution in [0.3, 0.4) is 0 Å². The first-order valence-corrected chi connectivity index (χ1v) is 9.65. The SMILES string of the molecule is CC1CN(c2ccccn2)CCN1S(=O)(=O)c1ccc(Br)cc1. The van der Waals surface area contributed by atoms with Gasteiger partial charge in [-0.2, -0.15) is 4.31 Å². The lowest BCUT2D eigenvalue weighted by molar-refractivity contribution is 0.306. The number of piperazine rings is 1. The van der Waals surface area contributed by atoms with Gasteiger partial charge in [-0.15, -0.1) is 0 Å². The molecule has 0 radical (unpaired) electrons. The molecule has 2 heterocycles. The van der Waals surface area contributed by atoms with Gasteiger partial charge in [0.05, 0.1) is 4.90 Å². The van der Waals surface area contributed by atoms with Crippen molar-refractivity contribution >= 4 is 31.8 Å². The summed E-state index contributed by atoms with van der Waals surface area (Å²) >= 11 is 3.33. The van der Waals surface area contributed by atoms with E-state index in [1.54, 1.807) is 34.8 Å². The van der Waals surface area contributed by atoms with Crippen LogP contribution in [0, 0.1) is 0 Å². The molecule has 5 nitrogen and oxygen atoms in total. The third kappa shape index (κ3) is 3.41. The van der Waals surface area contributed by atoms with Crippen LogP contribution >= 0.6 is 15.9 Å². The summed E-state index contributed by atoms with van der Waals surface area (Å²) in [6, 6.07) is 12.4. The molecule has 0 bridgehead atoms. The number of halogens is 1. The molecule has 0 aliphatic carbocycles. The van der Waals surface area contributed by atoms with Crippen LogP contribution in [0.25, 0.3) is 0 Å². The molecule has 1 atom stereocenters. The largest absolute Gasteiger partial charge is 0.354 e. The molecule has 1 aliphatic heterocycles. The Hall–Kier alpha value is -1.44. The lowest BCUT2D eigenvalue weighted by Crippen LogP contribution is -2.54. The minimum atomic E-state index is -3.47. The molecule has 1 aromatic heterocycles. The first-order valence-electron chi connectivity index (χ1n) is 7.42. The van der Waals surface area contributed by atoms with Crippen molar-refractivity contribution in [1.82, 2.24) is 9.29 Å². The first-order chi connectivity index (χ1) is 11.0. The van der Waals surface area contributed by atoms with E-state index < -0.39 is 10.0 Å². The Balaban J connectivity index is 1.79. The van der Waals surface area contributed by atoms with Crippen molar-refractivity contribution in [1.29, 1.82) is 0 Å². The van der Waals surface area contributed by atoms with Crippen molar-refractivity contribution in [3.8, 4) is 0 Å². The smallest absolute Gasteiger partial charge is 0.243 e. The standard InChI is InChI=1S/C16H18BrN3O2S/c1-13-12-19(16-4-2-3-9-18-16)10-11-20(13)23(21,22)15-7-5-14(17)6-8-15/h2-9,13H,10-12H2,1H3. The molecule has 0 amide bonds. The van der Waals surface area contributed by atoms with Crippen molar-refractivity contribution in [3.63, 3.8) is 0 Å². The van der Waals surface area contributed by atoms with Crippen molar-refractivity contribution in [2.45, 2.75) is 17.9 Å². The Kier molecular flexibility index (Phi) is 4.70. The Morgan fingerprint density at radius 1 is 1.13 bits per heavy atom. The average Bonchev–Trinajstić information content (AvgIpc) is 2.56. The summed E-state index contributed by atoms with van der Waals surface area (Å²) in [5.41, 5.74) is 0. The summed E-state index contributed by atoms with van der Waals surface area (Å²) in [6.45, 7) is 3.66. The molecule has 1 unspecified atom stereocenters. The van der Waals surface area contributed by atoms with Crippen LogP contribution in [0.5, 0.6) is 0 Å². The van der Waals surface area contributed by atoms with E-state index in [0.717, 1.165) is 10.3 Å². The quantitative estimate of drug-likeness (QED) is 0.801. The van der Waals surface area contributed by atoms with Gasteiger partial charge in [0.1, 0.15) is 5.82 Å².